The molecule has 0 saturated carbocycles. The van der Waals surface area contributed by atoms with Gasteiger partial charge in [-0.1, -0.05) is 19.9 Å². The van der Waals surface area contributed by atoms with Crippen LogP contribution >= 0.6 is 0 Å². The third kappa shape index (κ3) is 5.91. The van der Waals surface area contributed by atoms with Crippen LogP contribution in [0, 0.1) is 5.92 Å². The van der Waals surface area contributed by atoms with Gasteiger partial charge in [-0.05, 0) is 49.2 Å². The van der Waals surface area contributed by atoms with Crippen molar-refractivity contribution in [1.82, 2.24) is 10.3 Å². The van der Waals surface area contributed by atoms with E-state index in [1.165, 1.54) is 6.07 Å². The number of carbonyl (C=O) groups excluding carboxylic acids is 3. The normalized spacial score (nSPS) is 10.4. The number of pyridine rings is 1. The van der Waals surface area contributed by atoms with E-state index < -0.39 is 11.9 Å². The Morgan fingerprint density at radius 3 is 2.22 bits per heavy atom. The molecule has 142 valence electrons. The molecule has 0 atom stereocenters. The second kappa shape index (κ2) is 9.47. The summed E-state index contributed by atoms with van der Waals surface area (Å²) in [5.41, 5.74) is 1.21. The molecule has 27 heavy (non-hydrogen) atoms. The fraction of sp³-hybridized carbons (Fsp3) is 0.300. The second-order valence-corrected chi connectivity index (χ2v) is 6.26. The van der Waals surface area contributed by atoms with Crippen molar-refractivity contribution in [3.8, 4) is 0 Å². The van der Waals surface area contributed by atoms with Crippen molar-refractivity contribution in [3.63, 3.8) is 0 Å². The number of ether oxygens (including phenoxy) is 1. The first-order valence-corrected chi connectivity index (χ1v) is 8.74. The summed E-state index contributed by atoms with van der Waals surface area (Å²) < 4.78 is 4.91. The molecule has 0 saturated heterocycles. The van der Waals surface area contributed by atoms with Crippen molar-refractivity contribution in [1.29, 1.82) is 0 Å². The van der Waals surface area contributed by atoms with E-state index in [2.05, 4.69) is 15.6 Å². The standard InChI is InChI=1S/C20H23N3O4/c1-4-27-20(26)14-8-10-15(11-9-14)22-19(25)17-7-5-6-16(23-17)18(24)21-12-13(2)3/h5-11,13H,4,12H2,1-3H3,(H,21,24)(H,22,25). The third-order valence-corrected chi connectivity index (χ3v) is 3.54. The maximum Gasteiger partial charge on any atom is 0.338 e. The van der Waals surface area contributed by atoms with E-state index in [0.29, 0.717) is 30.3 Å². The van der Waals surface area contributed by atoms with Crippen LogP contribution in [0.5, 0.6) is 0 Å². The molecule has 0 aliphatic rings. The number of nitrogens with one attached hydrogen (secondary N) is 2. The van der Waals surface area contributed by atoms with E-state index in [4.69, 9.17) is 4.74 Å². The Balaban J connectivity index is 2.04. The van der Waals surface area contributed by atoms with E-state index in [0.717, 1.165) is 0 Å². The molecule has 0 spiro atoms. The van der Waals surface area contributed by atoms with Crippen LogP contribution in [0.2, 0.25) is 0 Å². The van der Waals surface area contributed by atoms with E-state index in [1.807, 2.05) is 13.8 Å². The lowest BCUT2D eigenvalue weighted by molar-refractivity contribution is 0.0526. The van der Waals surface area contributed by atoms with Crippen molar-refractivity contribution in [3.05, 3.63) is 59.4 Å². The van der Waals surface area contributed by atoms with Gasteiger partial charge >= 0.3 is 5.97 Å². The summed E-state index contributed by atoms with van der Waals surface area (Å²) in [7, 11) is 0. The summed E-state index contributed by atoms with van der Waals surface area (Å²) in [6.07, 6.45) is 0. The molecule has 1 aromatic heterocycles. The van der Waals surface area contributed by atoms with Crippen LogP contribution in [-0.2, 0) is 4.74 Å². The van der Waals surface area contributed by atoms with Crippen molar-refractivity contribution in [2.24, 2.45) is 5.92 Å². The van der Waals surface area contributed by atoms with Gasteiger partial charge in [-0.2, -0.15) is 0 Å². The van der Waals surface area contributed by atoms with Crippen molar-refractivity contribution in [2.75, 3.05) is 18.5 Å². The Morgan fingerprint density at radius 2 is 1.63 bits per heavy atom. The van der Waals surface area contributed by atoms with Gasteiger partial charge in [0.25, 0.3) is 11.8 Å². The Kier molecular flexibility index (Phi) is 7.05. The van der Waals surface area contributed by atoms with Gasteiger partial charge in [0.2, 0.25) is 0 Å². The zero-order chi connectivity index (χ0) is 19.8. The van der Waals surface area contributed by atoms with Crippen molar-refractivity contribution >= 4 is 23.5 Å². The molecule has 2 N–H and O–H groups in total. The fourth-order valence-electron chi connectivity index (χ4n) is 2.17. The quantitative estimate of drug-likeness (QED) is 0.732. The summed E-state index contributed by atoms with van der Waals surface area (Å²) >= 11 is 0. The Morgan fingerprint density at radius 1 is 1.00 bits per heavy atom. The SMILES string of the molecule is CCOC(=O)c1ccc(NC(=O)c2cccc(C(=O)NCC(C)C)n2)cc1. The monoisotopic (exact) mass is 369 g/mol. The van der Waals surface area contributed by atoms with Crippen LogP contribution in [0.4, 0.5) is 5.69 Å². The first-order valence-electron chi connectivity index (χ1n) is 8.74. The van der Waals surface area contributed by atoms with Crippen LogP contribution in [0.1, 0.15) is 52.1 Å². The number of rotatable bonds is 7. The molecule has 2 rings (SSSR count). The van der Waals surface area contributed by atoms with Gasteiger partial charge in [0.15, 0.2) is 0 Å². The minimum absolute atomic E-state index is 0.127. The number of carbonyl (C=O) groups is 3. The summed E-state index contributed by atoms with van der Waals surface area (Å²) in [4.78, 5) is 40.2. The molecule has 0 aliphatic carbocycles. The average Bonchev–Trinajstić information content (AvgIpc) is 2.67. The highest BCUT2D eigenvalue weighted by Gasteiger charge is 2.13. The number of benzene rings is 1. The van der Waals surface area contributed by atoms with Crippen LogP contribution < -0.4 is 10.6 Å². The predicted molar refractivity (Wildman–Crippen MR) is 102 cm³/mol. The lowest BCUT2D eigenvalue weighted by Crippen LogP contribution is -2.28. The molecular formula is C20H23N3O4. The van der Waals surface area contributed by atoms with E-state index >= 15 is 0 Å². The zero-order valence-corrected chi connectivity index (χ0v) is 15.6. The third-order valence-electron chi connectivity index (χ3n) is 3.54. The molecule has 7 nitrogen and oxygen atoms in total. The Hall–Kier alpha value is -3.22. The van der Waals surface area contributed by atoms with Gasteiger partial charge in [-0.25, -0.2) is 9.78 Å². The van der Waals surface area contributed by atoms with Crippen LogP contribution in [0.3, 0.4) is 0 Å². The second-order valence-electron chi connectivity index (χ2n) is 6.26. The fourth-order valence-corrected chi connectivity index (χ4v) is 2.17. The molecule has 0 bridgehead atoms. The summed E-state index contributed by atoms with van der Waals surface area (Å²) in [5.74, 6) is -0.871. The number of amides is 2. The zero-order valence-electron chi connectivity index (χ0n) is 15.6. The van der Waals surface area contributed by atoms with Gasteiger partial charge in [-0.15, -0.1) is 0 Å². The van der Waals surface area contributed by atoms with Gasteiger partial charge in [0, 0.05) is 12.2 Å². The lowest BCUT2D eigenvalue weighted by Gasteiger charge is -2.09. The average molecular weight is 369 g/mol. The molecule has 1 heterocycles. The minimum Gasteiger partial charge on any atom is -0.462 e. The maximum absolute atomic E-state index is 12.4. The topological polar surface area (TPSA) is 97.4 Å². The molecule has 1 aromatic carbocycles. The maximum atomic E-state index is 12.4. The van der Waals surface area contributed by atoms with Crippen molar-refractivity contribution < 1.29 is 19.1 Å². The van der Waals surface area contributed by atoms with Crippen LogP contribution in [-0.4, -0.2) is 35.9 Å². The molecule has 2 aromatic rings. The van der Waals surface area contributed by atoms with Gasteiger partial charge < -0.3 is 15.4 Å². The number of esters is 1. The Bertz CT molecular complexity index is 816. The molecular weight excluding hydrogens is 346 g/mol. The minimum atomic E-state index is -0.447. The molecule has 0 fully saturated rings. The summed E-state index contributed by atoms with van der Waals surface area (Å²) in [6, 6.07) is 11.0. The van der Waals surface area contributed by atoms with Crippen LogP contribution in [0.25, 0.3) is 0 Å². The number of anilines is 1. The first-order chi connectivity index (χ1) is 12.9. The van der Waals surface area contributed by atoms with Gasteiger partial charge in [0.05, 0.1) is 12.2 Å². The van der Waals surface area contributed by atoms with Gasteiger partial charge in [-0.3, -0.25) is 9.59 Å². The number of aromatic nitrogens is 1. The number of nitrogens with zero attached hydrogens (tertiary/aromatic N) is 1. The highest BCUT2D eigenvalue weighted by Crippen LogP contribution is 2.12. The Labute approximate surface area is 158 Å². The highest BCUT2D eigenvalue weighted by atomic mass is 16.5. The number of hydrogen-bond donors (Lipinski definition) is 2. The largest absolute Gasteiger partial charge is 0.462 e. The van der Waals surface area contributed by atoms with E-state index in [-0.39, 0.29) is 17.3 Å². The smallest absolute Gasteiger partial charge is 0.338 e. The molecule has 0 radical (unpaired) electrons. The molecule has 0 unspecified atom stereocenters. The van der Waals surface area contributed by atoms with E-state index in [1.54, 1.807) is 43.3 Å². The van der Waals surface area contributed by atoms with Gasteiger partial charge in [0.1, 0.15) is 11.4 Å². The predicted octanol–water partition coefficient (Wildman–Crippen LogP) is 2.90. The van der Waals surface area contributed by atoms with Crippen LogP contribution in [0.15, 0.2) is 42.5 Å². The molecule has 2 amide bonds. The summed E-state index contributed by atoms with van der Waals surface area (Å²) in [5, 5.41) is 5.45. The van der Waals surface area contributed by atoms with E-state index in [9.17, 15) is 14.4 Å². The first kappa shape index (κ1) is 20.1. The molecule has 0 aliphatic heterocycles. The highest BCUT2D eigenvalue weighted by molar-refractivity contribution is 6.04. The molecule has 7 heteroatoms. The number of hydrogen-bond acceptors (Lipinski definition) is 5. The van der Waals surface area contributed by atoms with Crippen molar-refractivity contribution in [2.45, 2.75) is 20.8 Å². The lowest BCUT2D eigenvalue weighted by atomic mass is 10.2. The summed E-state index contributed by atoms with van der Waals surface area (Å²) in [6.45, 7) is 6.54.